The van der Waals surface area contributed by atoms with E-state index in [4.69, 9.17) is 21.0 Å². The maximum absolute atomic E-state index is 11.7. The smallest absolute Gasteiger partial charge is 0.314 e. The largest absolute Gasteiger partial charge is 0.334 e. The van der Waals surface area contributed by atoms with E-state index in [1.807, 2.05) is 0 Å². The second-order valence-electron chi connectivity index (χ2n) is 3.22. The van der Waals surface area contributed by atoms with Gasteiger partial charge in [0.25, 0.3) is 0 Å². The van der Waals surface area contributed by atoms with Gasteiger partial charge in [-0.15, -0.1) is 0 Å². The highest BCUT2D eigenvalue weighted by molar-refractivity contribution is 5.44. The minimum absolute atomic E-state index is 0.131. The van der Waals surface area contributed by atoms with E-state index >= 15 is 0 Å². The number of hydrogen-bond acceptors (Lipinski definition) is 6. The predicted octanol–water partition coefficient (Wildman–Crippen LogP) is -0.625. The normalized spacial score (nSPS) is 9.05. The van der Waals surface area contributed by atoms with Crippen molar-refractivity contribution < 1.29 is 0 Å². The fourth-order valence-electron chi connectivity index (χ4n) is 1.45. The zero-order valence-corrected chi connectivity index (χ0v) is 9.09. The molecule has 0 aromatic carbocycles. The second-order valence-corrected chi connectivity index (χ2v) is 3.22. The van der Waals surface area contributed by atoms with Crippen molar-refractivity contribution in [1.82, 2.24) is 19.5 Å². The topological polar surface area (TPSA) is 162 Å². The second kappa shape index (κ2) is 4.21. The van der Waals surface area contributed by atoms with Gasteiger partial charge < -0.3 is 4.98 Å². The predicted molar refractivity (Wildman–Crippen MR) is 57.4 cm³/mol. The minimum Gasteiger partial charge on any atom is -0.314 e. The van der Waals surface area contributed by atoms with Crippen molar-refractivity contribution in [3.05, 3.63) is 33.3 Å². The molecule has 0 fully saturated rings. The highest BCUT2D eigenvalue weighted by atomic mass is 16.1. The lowest BCUT2D eigenvalue weighted by atomic mass is 10.3. The molecule has 9 heteroatoms. The molecule has 0 saturated heterocycles. The molecule has 0 aliphatic heterocycles. The van der Waals surface area contributed by atoms with E-state index in [9.17, 15) is 4.79 Å². The van der Waals surface area contributed by atoms with Crippen LogP contribution in [0.2, 0.25) is 0 Å². The molecule has 9 nitrogen and oxygen atoms in total. The molecule has 0 atom stereocenters. The van der Waals surface area contributed by atoms with Gasteiger partial charge in [0.15, 0.2) is 22.8 Å². The Morgan fingerprint density at radius 1 is 0.947 bits per heavy atom. The van der Waals surface area contributed by atoms with Crippen LogP contribution >= 0.6 is 0 Å². The third-order valence-electron chi connectivity index (χ3n) is 2.23. The van der Waals surface area contributed by atoms with Crippen LogP contribution in [0.1, 0.15) is 22.8 Å². The summed E-state index contributed by atoms with van der Waals surface area (Å²) in [6.07, 6.45) is 0. The van der Waals surface area contributed by atoms with Crippen molar-refractivity contribution in [3.8, 4) is 30.2 Å². The Kier molecular flexibility index (Phi) is 2.59. The van der Waals surface area contributed by atoms with Crippen LogP contribution < -0.4 is 5.69 Å². The van der Waals surface area contributed by atoms with Gasteiger partial charge in [-0.3, -0.25) is 4.98 Å². The zero-order valence-electron chi connectivity index (χ0n) is 9.09. The first-order valence-electron chi connectivity index (χ1n) is 4.72. The molecule has 0 bridgehead atoms. The van der Waals surface area contributed by atoms with Gasteiger partial charge >= 0.3 is 5.69 Å². The Morgan fingerprint density at radius 2 is 1.63 bits per heavy atom. The van der Waals surface area contributed by atoms with Gasteiger partial charge in [0.05, 0.1) is 0 Å². The first-order chi connectivity index (χ1) is 9.15. The maximum Gasteiger partial charge on any atom is 0.334 e. The molecule has 2 rings (SSSR count). The summed E-state index contributed by atoms with van der Waals surface area (Å²) in [5.74, 6) is -0.174. The van der Waals surface area contributed by atoms with Crippen LogP contribution in [-0.2, 0) is 0 Å². The van der Waals surface area contributed by atoms with Crippen LogP contribution in [0.3, 0.4) is 0 Å². The highest BCUT2D eigenvalue weighted by Crippen LogP contribution is 2.10. The molecule has 19 heavy (non-hydrogen) atoms. The number of hydrogen-bond donors (Lipinski definition) is 2. The number of nitrogens with one attached hydrogen (secondary N) is 2. The van der Waals surface area contributed by atoms with Crippen molar-refractivity contribution in [3.63, 3.8) is 0 Å². The standard InChI is InChI=1S/C10H2N8O/c11-1-5-6(2-12)16-9(15-5)18-8(4-14)7(3-13)17-10(18)19/h(H,15,16)(H,17,19). The lowest BCUT2D eigenvalue weighted by Crippen LogP contribution is -2.17. The first-order valence-corrected chi connectivity index (χ1v) is 4.72. The minimum atomic E-state index is -0.768. The molecule has 2 aromatic heterocycles. The molecule has 0 unspecified atom stereocenters. The zero-order chi connectivity index (χ0) is 14.0. The number of nitrogens with zero attached hydrogens (tertiary/aromatic N) is 6. The number of aromatic amines is 2. The summed E-state index contributed by atoms with van der Waals surface area (Å²) in [4.78, 5) is 20.0. The maximum atomic E-state index is 11.7. The van der Waals surface area contributed by atoms with Gasteiger partial charge in [-0.1, -0.05) is 0 Å². The van der Waals surface area contributed by atoms with Gasteiger partial charge in [0, 0.05) is 0 Å². The molecule has 0 aliphatic rings. The van der Waals surface area contributed by atoms with E-state index in [0.717, 1.165) is 4.57 Å². The number of imidazole rings is 2. The summed E-state index contributed by atoms with van der Waals surface area (Å²) in [7, 11) is 0. The number of nitriles is 4. The van der Waals surface area contributed by atoms with Crippen LogP contribution in [0.4, 0.5) is 0 Å². The van der Waals surface area contributed by atoms with Gasteiger partial charge in [-0.2, -0.15) is 26.0 Å². The average Bonchev–Trinajstić information content (AvgIpc) is 2.97. The van der Waals surface area contributed by atoms with E-state index in [1.165, 1.54) is 0 Å². The summed E-state index contributed by atoms with van der Waals surface area (Å²) in [6.45, 7) is 0. The van der Waals surface area contributed by atoms with Crippen LogP contribution in [0.5, 0.6) is 0 Å². The molecule has 2 N–H and O–H groups in total. The average molecular weight is 250 g/mol. The molecule has 0 aliphatic carbocycles. The molecular weight excluding hydrogens is 248 g/mol. The molecule has 88 valence electrons. The van der Waals surface area contributed by atoms with Crippen molar-refractivity contribution in [2.24, 2.45) is 0 Å². The number of aromatic nitrogens is 4. The van der Waals surface area contributed by atoms with E-state index in [-0.39, 0.29) is 28.7 Å². The van der Waals surface area contributed by atoms with E-state index < -0.39 is 5.69 Å². The number of H-pyrrole nitrogens is 2. The quantitative estimate of drug-likeness (QED) is 0.684. The Morgan fingerprint density at radius 3 is 2.11 bits per heavy atom. The summed E-state index contributed by atoms with van der Waals surface area (Å²) in [5.41, 5.74) is -1.58. The van der Waals surface area contributed by atoms with Crippen LogP contribution in [0.25, 0.3) is 5.95 Å². The van der Waals surface area contributed by atoms with E-state index in [0.29, 0.717) is 0 Å². The van der Waals surface area contributed by atoms with E-state index in [2.05, 4.69) is 15.0 Å². The SMILES string of the molecule is N#Cc1nc(-n2c(C#N)c(C#N)[nH]c2=O)[nH]c1C#N. The van der Waals surface area contributed by atoms with Crippen molar-refractivity contribution in [1.29, 1.82) is 21.0 Å². The molecule has 0 radical (unpaired) electrons. The monoisotopic (exact) mass is 250 g/mol. The Balaban J connectivity index is 2.79. The Hall–Kier alpha value is -3.82. The fourth-order valence-corrected chi connectivity index (χ4v) is 1.45. The van der Waals surface area contributed by atoms with Crippen LogP contribution in [0, 0.1) is 45.3 Å². The molecular formula is C10H2N8O. The Labute approximate surface area is 105 Å². The van der Waals surface area contributed by atoms with Crippen LogP contribution in [0.15, 0.2) is 4.79 Å². The van der Waals surface area contributed by atoms with Crippen molar-refractivity contribution >= 4 is 0 Å². The summed E-state index contributed by atoms with van der Waals surface area (Å²) in [5, 5.41) is 35.2. The summed E-state index contributed by atoms with van der Waals surface area (Å²) in [6, 6.07) is 6.72. The first kappa shape index (κ1) is 11.7. The fraction of sp³-hybridized carbons (Fsp3) is 0. The number of rotatable bonds is 1. The van der Waals surface area contributed by atoms with Gasteiger partial charge in [0.2, 0.25) is 5.95 Å². The van der Waals surface area contributed by atoms with Gasteiger partial charge in [-0.25, -0.2) is 9.36 Å². The van der Waals surface area contributed by atoms with Gasteiger partial charge in [0.1, 0.15) is 24.3 Å². The molecule has 0 saturated carbocycles. The Bertz CT molecular complexity index is 851. The van der Waals surface area contributed by atoms with Crippen LogP contribution in [-0.4, -0.2) is 19.5 Å². The van der Waals surface area contributed by atoms with Gasteiger partial charge in [-0.05, 0) is 0 Å². The third kappa shape index (κ3) is 1.61. The van der Waals surface area contributed by atoms with E-state index in [1.54, 1.807) is 24.3 Å². The third-order valence-corrected chi connectivity index (χ3v) is 2.23. The molecule has 2 aromatic rings. The molecule has 2 heterocycles. The molecule has 0 amide bonds. The van der Waals surface area contributed by atoms with Crippen molar-refractivity contribution in [2.75, 3.05) is 0 Å². The highest BCUT2D eigenvalue weighted by Gasteiger charge is 2.19. The lowest BCUT2D eigenvalue weighted by Gasteiger charge is -1.95. The molecule has 0 spiro atoms. The van der Waals surface area contributed by atoms with Crippen molar-refractivity contribution in [2.45, 2.75) is 0 Å². The lowest BCUT2D eigenvalue weighted by molar-refractivity contribution is 0.898. The summed E-state index contributed by atoms with van der Waals surface area (Å²) < 4.78 is 0.792. The summed E-state index contributed by atoms with van der Waals surface area (Å²) >= 11 is 0.